The molecule has 13 aromatic rings. The van der Waals surface area contributed by atoms with Crippen molar-refractivity contribution in [3.63, 3.8) is 0 Å². The van der Waals surface area contributed by atoms with Crippen LogP contribution in [0.2, 0.25) is 0 Å². The van der Waals surface area contributed by atoms with Crippen LogP contribution < -0.4 is 4.90 Å². The normalized spacial score (nSPS) is 11.6. The van der Waals surface area contributed by atoms with Gasteiger partial charge in [-0.15, -0.1) is 0 Å². The highest BCUT2D eigenvalue weighted by Gasteiger charge is 2.20. The molecule has 0 radical (unpaired) electrons. The molecule has 0 fully saturated rings. The van der Waals surface area contributed by atoms with Crippen LogP contribution in [-0.2, 0) is 0 Å². The minimum Gasteiger partial charge on any atom is -0.455 e. The highest BCUT2D eigenvalue weighted by Crippen LogP contribution is 2.45. The molecule has 0 atom stereocenters. The molecule has 0 unspecified atom stereocenters. The summed E-state index contributed by atoms with van der Waals surface area (Å²) >= 11 is 0. The zero-order valence-corrected chi connectivity index (χ0v) is 36.0. The Morgan fingerprint density at radius 1 is 0.273 bits per heavy atom. The number of furan rings is 1. The van der Waals surface area contributed by atoms with Gasteiger partial charge in [0.2, 0.25) is 0 Å². The smallest absolute Gasteiger partial charge is 0.143 e. The summed E-state index contributed by atoms with van der Waals surface area (Å²) in [5.74, 6) is 0. The molecule has 0 bridgehead atoms. The van der Waals surface area contributed by atoms with E-state index in [9.17, 15) is 0 Å². The molecule has 0 aliphatic carbocycles. The van der Waals surface area contributed by atoms with Crippen LogP contribution >= 0.6 is 0 Å². The lowest BCUT2D eigenvalue weighted by atomic mass is 9.89. The lowest BCUT2D eigenvalue weighted by Crippen LogP contribution is -2.10. The van der Waals surface area contributed by atoms with Crippen LogP contribution in [-0.4, -0.2) is 0 Å². The zero-order valence-electron chi connectivity index (χ0n) is 36.0. The Morgan fingerprint density at radius 2 is 0.848 bits per heavy atom. The first-order valence-corrected chi connectivity index (χ1v) is 22.7. The van der Waals surface area contributed by atoms with Crippen LogP contribution in [0.3, 0.4) is 0 Å². The summed E-state index contributed by atoms with van der Waals surface area (Å²) in [6, 6.07) is 90.4. The van der Waals surface area contributed by atoms with Crippen LogP contribution in [0, 0.1) is 0 Å². The van der Waals surface area contributed by atoms with Gasteiger partial charge >= 0.3 is 0 Å². The quantitative estimate of drug-likeness (QED) is 0.149. The number of hydrogen-bond acceptors (Lipinski definition) is 2. The van der Waals surface area contributed by atoms with Gasteiger partial charge < -0.3 is 9.32 Å². The van der Waals surface area contributed by atoms with Crippen molar-refractivity contribution < 1.29 is 4.42 Å². The summed E-state index contributed by atoms with van der Waals surface area (Å²) in [6.45, 7) is 0. The van der Waals surface area contributed by atoms with Gasteiger partial charge in [0.05, 0.1) is 5.69 Å². The van der Waals surface area contributed by atoms with Crippen LogP contribution in [0.25, 0.3) is 110 Å². The van der Waals surface area contributed by atoms with E-state index in [4.69, 9.17) is 4.42 Å². The van der Waals surface area contributed by atoms with Crippen LogP contribution in [0.1, 0.15) is 0 Å². The average Bonchev–Trinajstić information content (AvgIpc) is 3.78. The van der Waals surface area contributed by atoms with Gasteiger partial charge in [-0.05, 0) is 125 Å². The lowest BCUT2D eigenvalue weighted by molar-refractivity contribution is 0.670. The highest BCUT2D eigenvalue weighted by molar-refractivity contribution is 6.15. The Morgan fingerprint density at radius 3 is 1.65 bits per heavy atom. The first-order chi connectivity index (χ1) is 32.7. The Bertz CT molecular complexity index is 3990. The molecule has 0 saturated carbocycles. The minimum atomic E-state index is 0.907. The largest absolute Gasteiger partial charge is 0.455 e. The van der Waals surface area contributed by atoms with Crippen molar-refractivity contribution in [3.05, 3.63) is 249 Å². The van der Waals surface area contributed by atoms with Crippen molar-refractivity contribution in [2.75, 3.05) is 4.90 Å². The molecule has 0 aliphatic heterocycles. The number of para-hydroxylation sites is 2. The molecule has 1 aromatic heterocycles. The van der Waals surface area contributed by atoms with Crippen molar-refractivity contribution >= 4 is 82.1 Å². The third-order valence-electron chi connectivity index (χ3n) is 13.4. The monoisotopic (exact) mass is 839 g/mol. The van der Waals surface area contributed by atoms with E-state index >= 15 is 0 Å². The second-order valence-corrected chi connectivity index (χ2v) is 17.2. The molecule has 0 spiro atoms. The van der Waals surface area contributed by atoms with Crippen molar-refractivity contribution in [1.82, 2.24) is 0 Å². The number of nitrogens with zero attached hydrogens (tertiary/aromatic N) is 1. The zero-order chi connectivity index (χ0) is 43.6. The van der Waals surface area contributed by atoms with E-state index in [1.54, 1.807) is 0 Å². The molecule has 2 nitrogen and oxygen atoms in total. The van der Waals surface area contributed by atoms with E-state index in [0.717, 1.165) is 61.3 Å². The van der Waals surface area contributed by atoms with Crippen molar-refractivity contribution in [2.45, 2.75) is 0 Å². The molecular weight excluding hydrogens is 799 g/mol. The summed E-state index contributed by atoms with van der Waals surface area (Å²) in [5, 5.41) is 12.1. The third-order valence-corrected chi connectivity index (χ3v) is 13.4. The predicted octanol–water partition coefficient (Wildman–Crippen LogP) is 18.3. The highest BCUT2D eigenvalue weighted by atomic mass is 16.3. The third kappa shape index (κ3) is 6.34. The molecule has 13 rings (SSSR count). The van der Waals surface area contributed by atoms with Crippen LogP contribution in [0.4, 0.5) is 17.1 Å². The molecule has 308 valence electrons. The topological polar surface area (TPSA) is 16.4 Å². The fourth-order valence-electron chi connectivity index (χ4n) is 10.2. The Labute approximate surface area is 382 Å². The summed E-state index contributed by atoms with van der Waals surface area (Å²) in [5.41, 5.74) is 14.5. The Kier molecular flexibility index (Phi) is 8.89. The summed E-state index contributed by atoms with van der Waals surface area (Å²) in [4.78, 5) is 2.42. The molecule has 0 amide bonds. The lowest BCUT2D eigenvalue weighted by Gasteiger charge is -2.28. The first kappa shape index (κ1) is 37.8. The first-order valence-electron chi connectivity index (χ1n) is 22.7. The molecule has 12 aromatic carbocycles. The molecule has 0 aliphatic rings. The van der Waals surface area contributed by atoms with Crippen LogP contribution in [0.5, 0.6) is 0 Å². The second-order valence-electron chi connectivity index (χ2n) is 17.2. The van der Waals surface area contributed by atoms with Gasteiger partial charge in [0.1, 0.15) is 11.2 Å². The van der Waals surface area contributed by atoms with Gasteiger partial charge in [0.15, 0.2) is 0 Å². The fraction of sp³-hybridized carbons (Fsp3) is 0. The molecule has 2 heteroatoms. The van der Waals surface area contributed by atoms with Crippen molar-refractivity contribution in [2.24, 2.45) is 0 Å². The van der Waals surface area contributed by atoms with Crippen molar-refractivity contribution in [1.29, 1.82) is 0 Å². The molecule has 0 N–H and O–H groups in total. The Balaban J connectivity index is 0.933. The minimum absolute atomic E-state index is 0.907. The SMILES string of the molecule is c1cc(-c2ccc(N(c3ccc(-c4ccc5ccccc5c4-c4ccc5ccccc5c4)cc3)c3cc4ccccc4c4ccccc34)cc2)cc(-c2cccc3c2oc2ccccc23)c1. The van der Waals surface area contributed by atoms with Gasteiger partial charge in [0.25, 0.3) is 0 Å². The molecular formula is C64H41NO. The van der Waals surface area contributed by atoms with E-state index in [0.29, 0.717) is 0 Å². The van der Waals surface area contributed by atoms with E-state index in [1.165, 1.54) is 65.3 Å². The maximum Gasteiger partial charge on any atom is 0.143 e. The van der Waals surface area contributed by atoms with E-state index < -0.39 is 0 Å². The average molecular weight is 840 g/mol. The summed E-state index contributed by atoms with van der Waals surface area (Å²) < 4.78 is 6.45. The molecule has 0 saturated heterocycles. The maximum absolute atomic E-state index is 6.45. The van der Waals surface area contributed by atoms with E-state index in [-0.39, 0.29) is 0 Å². The number of hydrogen-bond donors (Lipinski definition) is 0. The number of fused-ring (bicyclic) bond motifs is 8. The Hall–Kier alpha value is -8.72. The van der Waals surface area contributed by atoms with E-state index in [1.807, 2.05) is 12.1 Å². The van der Waals surface area contributed by atoms with Crippen LogP contribution in [0.15, 0.2) is 253 Å². The standard InChI is InChI=1S/C64H41NO/c1-2-15-46-40-50(28-27-42(46)13-1)63-54-20-6-3-14-44(54)33-38-55(63)45-31-36-52(37-32-45)65(61-41-49-16-4-5-19-53(49)57-21-7-8-22-58(57)61)51-34-29-43(30-35-51)47-17-11-18-48(39-47)56-24-12-25-60-59-23-9-10-26-62(59)66-64(56)60/h1-41H. The van der Waals surface area contributed by atoms with Gasteiger partial charge in [-0.1, -0.05) is 200 Å². The molecule has 1 heterocycles. The fourth-order valence-corrected chi connectivity index (χ4v) is 10.2. The number of anilines is 3. The van der Waals surface area contributed by atoms with Gasteiger partial charge in [-0.2, -0.15) is 0 Å². The van der Waals surface area contributed by atoms with Gasteiger partial charge in [-0.25, -0.2) is 0 Å². The number of rotatable bonds is 7. The number of benzene rings is 12. The van der Waals surface area contributed by atoms with Gasteiger partial charge in [-0.3, -0.25) is 0 Å². The van der Waals surface area contributed by atoms with Crippen molar-refractivity contribution in [3.8, 4) is 44.5 Å². The predicted molar refractivity (Wildman–Crippen MR) is 280 cm³/mol. The molecule has 66 heavy (non-hydrogen) atoms. The van der Waals surface area contributed by atoms with E-state index in [2.05, 4.69) is 241 Å². The maximum atomic E-state index is 6.45. The summed E-state index contributed by atoms with van der Waals surface area (Å²) in [6.07, 6.45) is 0. The summed E-state index contributed by atoms with van der Waals surface area (Å²) in [7, 11) is 0. The van der Waals surface area contributed by atoms with Gasteiger partial charge in [0, 0.05) is 33.1 Å². The second kappa shape index (κ2) is 15.5.